The van der Waals surface area contributed by atoms with Crippen molar-refractivity contribution in [3.8, 4) is 6.07 Å². The van der Waals surface area contributed by atoms with Crippen LogP contribution in [0.25, 0.3) is 0 Å². The van der Waals surface area contributed by atoms with Gasteiger partial charge in [-0.15, -0.1) is 0 Å². The van der Waals surface area contributed by atoms with Crippen LogP contribution in [0.4, 0.5) is 5.13 Å². The number of carbonyl (C=O) groups is 1. The molecule has 9 heteroatoms. The first-order valence-corrected chi connectivity index (χ1v) is 7.02. The molecule has 0 radical (unpaired) electrons. The van der Waals surface area contributed by atoms with Gasteiger partial charge in [-0.1, -0.05) is 11.3 Å². The summed E-state index contributed by atoms with van der Waals surface area (Å²) in [6.45, 7) is -0.00392. The quantitative estimate of drug-likeness (QED) is 0.772. The van der Waals surface area contributed by atoms with E-state index >= 15 is 0 Å². The van der Waals surface area contributed by atoms with Gasteiger partial charge in [0.1, 0.15) is 16.2 Å². The van der Waals surface area contributed by atoms with Gasteiger partial charge in [0, 0.05) is 13.0 Å². The number of carbonyl (C=O) groups excluding carboxylic acids is 1. The number of rotatable bonds is 2. The predicted octanol–water partition coefficient (Wildman–Crippen LogP) is -0.591. The van der Waals surface area contributed by atoms with E-state index in [1.807, 2.05) is 6.07 Å². The van der Waals surface area contributed by atoms with Crippen molar-refractivity contribution in [1.29, 1.82) is 5.26 Å². The zero-order valence-corrected chi connectivity index (χ0v) is 10.2. The van der Waals surface area contributed by atoms with E-state index in [-0.39, 0.29) is 18.9 Å². The molecule has 0 bridgehead atoms. The first kappa shape index (κ1) is 12.0. The van der Waals surface area contributed by atoms with Gasteiger partial charge < -0.3 is 0 Å². The molecule has 2 rings (SSSR count). The number of anilines is 1. The molecular weight excluding hydrogens is 264 g/mol. The third-order valence-electron chi connectivity index (χ3n) is 2.39. The molecule has 0 aromatic carbocycles. The van der Waals surface area contributed by atoms with Crippen LogP contribution in [0.1, 0.15) is 11.3 Å². The lowest BCUT2D eigenvalue weighted by atomic mass is 10.4. The highest BCUT2D eigenvalue weighted by atomic mass is 32.2. The Morgan fingerprint density at radius 2 is 2.35 bits per heavy atom. The number of primary sulfonamides is 1. The molecule has 1 aliphatic rings. The van der Waals surface area contributed by atoms with Gasteiger partial charge in [0.25, 0.3) is 0 Å². The molecule has 7 nitrogen and oxygen atoms in total. The first-order valence-electron chi connectivity index (χ1n) is 4.59. The second-order valence-corrected chi connectivity index (χ2v) is 6.39. The van der Waals surface area contributed by atoms with Crippen molar-refractivity contribution >= 4 is 32.4 Å². The van der Waals surface area contributed by atoms with Crippen LogP contribution in [0, 0.1) is 11.3 Å². The normalized spacial score (nSPS) is 20.6. The Morgan fingerprint density at radius 3 is 2.82 bits per heavy atom. The van der Waals surface area contributed by atoms with E-state index in [0.29, 0.717) is 10.0 Å². The SMILES string of the molecule is N#Cc1cnc(N2CC(S(N)(=O)=O)CC2=O)s1. The van der Waals surface area contributed by atoms with Crippen molar-refractivity contribution in [2.24, 2.45) is 5.14 Å². The first-order chi connectivity index (χ1) is 7.91. The zero-order valence-electron chi connectivity index (χ0n) is 8.53. The van der Waals surface area contributed by atoms with Gasteiger partial charge in [-0.25, -0.2) is 18.5 Å². The Hall–Kier alpha value is -1.50. The maximum absolute atomic E-state index is 11.6. The molecule has 1 aromatic heterocycles. The molecule has 1 aromatic rings. The van der Waals surface area contributed by atoms with Gasteiger partial charge in [0.05, 0.1) is 6.20 Å². The fraction of sp³-hybridized carbons (Fsp3) is 0.375. The second kappa shape index (κ2) is 4.06. The van der Waals surface area contributed by atoms with E-state index in [0.717, 1.165) is 11.3 Å². The van der Waals surface area contributed by atoms with Crippen molar-refractivity contribution in [2.75, 3.05) is 11.4 Å². The molecule has 1 saturated heterocycles. The van der Waals surface area contributed by atoms with Crippen molar-refractivity contribution in [3.05, 3.63) is 11.1 Å². The predicted molar refractivity (Wildman–Crippen MR) is 60.7 cm³/mol. The zero-order chi connectivity index (χ0) is 12.6. The molecule has 1 atom stereocenters. The van der Waals surface area contributed by atoms with Gasteiger partial charge in [0.2, 0.25) is 15.9 Å². The summed E-state index contributed by atoms with van der Waals surface area (Å²) in [6.07, 6.45) is 1.21. The van der Waals surface area contributed by atoms with Crippen LogP contribution in [0.3, 0.4) is 0 Å². The number of nitrogens with zero attached hydrogens (tertiary/aromatic N) is 3. The number of hydrogen-bond acceptors (Lipinski definition) is 6. The molecule has 0 spiro atoms. The lowest BCUT2D eigenvalue weighted by molar-refractivity contribution is -0.117. The Bertz CT molecular complexity index is 601. The van der Waals surface area contributed by atoms with Crippen LogP contribution in [-0.2, 0) is 14.8 Å². The van der Waals surface area contributed by atoms with Gasteiger partial charge in [0.15, 0.2) is 5.13 Å². The van der Waals surface area contributed by atoms with Crippen molar-refractivity contribution in [2.45, 2.75) is 11.7 Å². The number of thiazole rings is 1. The molecule has 2 N–H and O–H groups in total. The number of sulfonamides is 1. The molecule has 17 heavy (non-hydrogen) atoms. The molecule has 2 heterocycles. The highest BCUT2D eigenvalue weighted by Crippen LogP contribution is 2.27. The molecule has 1 aliphatic heterocycles. The lowest BCUT2D eigenvalue weighted by Gasteiger charge is -2.11. The summed E-state index contributed by atoms with van der Waals surface area (Å²) in [7, 11) is -3.73. The number of nitrogens with two attached hydrogens (primary N) is 1. The average molecular weight is 272 g/mol. The number of amides is 1. The molecule has 0 aliphatic carbocycles. The van der Waals surface area contributed by atoms with Crippen molar-refractivity contribution < 1.29 is 13.2 Å². The van der Waals surface area contributed by atoms with Crippen LogP contribution < -0.4 is 10.0 Å². The fourth-order valence-corrected chi connectivity index (χ4v) is 2.99. The fourth-order valence-electron chi connectivity index (χ4n) is 1.52. The molecular formula is C8H8N4O3S2. The summed E-state index contributed by atoms with van der Waals surface area (Å²) in [5.74, 6) is -0.345. The highest BCUT2D eigenvalue weighted by molar-refractivity contribution is 7.89. The summed E-state index contributed by atoms with van der Waals surface area (Å²) in [5.41, 5.74) is 0. The van der Waals surface area contributed by atoms with E-state index in [1.54, 1.807) is 0 Å². The topological polar surface area (TPSA) is 117 Å². The standard InChI is InChI=1S/C8H8N4O3S2/c9-2-5-3-11-8(16-5)12-4-6(1-7(12)13)17(10,14)15/h3,6H,1,4H2,(H2,10,14,15). The van der Waals surface area contributed by atoms with Crippen LogP contribution in [0.2, 0.25) is 0 Å². The summed E-state index contributed by atoms with van der Waals surface area (Å²) in [4.78, 5) is 17.1. The van der Waals surface area contributed by atoms with Gasteiger partial charge >= 0.3 is 0 Å². The third kappa shape index (κ3) is 2.28. The summed E-state index contributed by atoms with van der Waals surface area (Å²) < 4.78 is 22.3. The number of aromatic nitrogens is 1. The Kier molecular flexibility index (Phi) is 2.86. The van der Waals surface area contributed by atoms with E-state index in [4.69, 9.17) is 10.4 Å². The summed E-state index contributed by atoms with van der Waals surface area (Å²) >= 11 is 1.04. The minimum Gasteiger partial charge on any atom is -0.287 e. The van der Waals surface area contributed by atoms with Crippen LogP contribution in [0.15, 0.2) is 6.20 Å². The van der Waals surface area contributed by atoms with E-state index < -0.39 is 15.3 Å². The minimum absolute atomic E-state index is 0.00392. The molecule has 1 fully saturated rings. The number of hydrogen-bond donors (Lipinski definition) is 1. The summed E-state index contributed by atoms with van der Waals surface area (Å²) in [5, 5.41) is 13.1. The van der Waals surface area contributed by atoms with Crippen molar-refractivity contribution in [1.82, 2.24) is 4.98 Å². The highest BCUT2D eigenvalue weighted by Gasteiger charge is 2.38. The molecule has 1 amide bonds. The van der Waals surface area contributed by atoms with Gasteiger partial charge in [-0.05, 0) is 0 Å². The maximum Gasteiger partial charge on any atom is 0.230 e. The van der Waals surface area contributed by atoms with Crippen LogP contribution in [0.5, 0.6) is 0 Å². The summed E-state index contributed by atoms with van der Waals surface area (Å²) in [6, 6.07) is 1.90. The molecule has 0 saturated carbocycles. The Labute approximate surface area is 102 Å². The minimum atomic E-state index is -3.73. The van der Waals surface area contributed by atoms with E-state index in [9.17, 15) is 13.2 Å². The van der Waals surface area contributed by atoms with Crippen LogP contribution >= 0.6 is 11.3 Å². The monoisotopic (exact) mass is 272 g/mol. The number of nitriles is 1. The van der Waals surface area contributed by atoms with Crippen LogP contribution in [-0.4, -0.2) is 31.1 Å². The molecule has 1 unspecified atom stereocenters. The Balaban J connectivity index is 2.25. The van der Waals surface area contributed by atoms with Gasteiger partial charge in [-0.2, -0.15) is 5.26 Å². The second-order valence-electron chi connectivity index (χ2n) is 3.54. The van der Waals surface area contributed by atoms with E-state index in [2.05, 4.69) is 4.98 Å². The van der Waals surface area contributed by atoms with E-state index in [1.165, 1.54) is 11.1 Å². The average Bonchev–Trinajstić information content (AvgIpc) is 2.82. The van der Waals surface area contributed by atoms with Crippen molar-refractivity contribution in [3.63, 3.8) is 0 Å². The maximum atomic E-state index is 11.6. The lowest BCUT2D eigenvalue weighted by Crippen LogP contribution is -2.32. The Morgan fingerprint density at radius 1 is 1.65 bits per heavy atom. The smallest absolute Gasteiger partial charge is 0.230 e. The third-order valence-corrected chi connectivity index (χ3v) is 4.56. The molecule has 90 valence electrons. The van der Waals surface area contributed by atoms with Gasteiger partial charge in [-0.3, -0.25) is 9.69 Å². The largest absolute Gasteiger partial charge is 0.287 e.